The second kappa shape index (κ2) is 5.92. The summed E-state index contributed by atoms with van der Waals surface area (Å²) in [7, 11) is 0. The Balaban J connectivity index is 4.82. The first-order chi connectivity index (χ1) is 8.08. The van der Waals surface area contributed by atoms with Gasteiger partial charge >= 0.3 is 18.2 Å². The van der Waals surface area contributed by atoms with Crippen LogP contribution in [0.4, 0.5) is 18.0 Å². The van der Waals surface area contributed by atoms with E-state index >= 15 is 0 Å². The lowest BCUT2D eigenvalue weighted by Crippen LogP contribution is -2.64. The van der Waals surface area contributed by atoms with Gasteiger partial charge in [-0.25, -0.2) is 9.59 Å². The predicted octanol–water partition coefficient (Wildman–Crippen LogP) is 1.88. The number of rotatable bonds is 5. The fourth-order valence-electron chi connectivity index (χ4n) is 1.19. The number of carboxylic acid groups (broad SMARTS) is 1. The molecule has 0 spiro atoms. The zero-order chi connectivity index (χ0) is 14.6. The van der Waals surface area contributed by atoms with Gasteiger partial charge in [0.05, 0.1) is 0 Å². The molecule has 1 unspecified atom stereocenters. The van der Waals surface area contributed by atoms with Crippen molar-refractivity contribution in [3.63, 3.8) is 0 Å². The van der Waals surface area contributed by atoms with Crippen LogP contribution in [0.1, 0.15) is 33.6 Å². The van der Waals surface area contributed by atoms with E-state index in [2.05, 4.69) is 5.32 Å². The SMILES string of the molecule is CCC(CC)NC(=O)NC(C)(C(=O)O)C(F)(F)F. The van der Waals surface area contributed by atoms with Gasteiger partial charge < -0.3 is 15.7 Å². The molecule has 0 aromatic heterocycles. The number of hydrogen-bond donors (Lipinski definition) is 3. The lowest BCUT2D eigenvalue weighted by molar-refractivity contribution is -0.203. The van der Waals surface area contributed by atoms with Crippen molar-refractivity contribution in [3.8, 4) is 0 Å². The van der Waals surface area contributed by atoms with E-state index in [-0.39, 0.29) is 6.04 Å². The van der Waals surface area contributed by atoms with Crippen molar-refractivity contribution in [2.24, 2.45) is 0 Å². The molecule has 0 aliphatic rings. The first kappa shape index (κ1) is 16.5. The molecule has 5 nitrogen and oxygen atoms in total. The summed E-state index contributed by atoms with van der Waals surface area (Å²) in [5.41, 5.74) is -3.30. The first-order valence-electron chi connectivity index (χ1n) is 5.47. The van der Waals surface area contributed by atoms with E-state index in [1.807, 2.05) is 0 Å². The standard InChI is InChI=1S/C10H17F3N2O3/c1-4-6(5-2)14-8(18)15-9(3,7(16)17)10(11,12)13/h6H,4-5H2,1-3H3,(H,16,17)(H2,14,15,18). The number of carboxylic acids is 1. The van der Waals surface area contributed by atoms with Crippen LogP contribution in [0.15, 0.2) is 0 Å². The van der Waals surface area contributed by atoms with Gasteiger partial charge in [-0.1, -0.05) is 13.8 Å². The molecule has 2 amide bonds. The minimum Gasteiger partial charge on any atom is -0.479 e. The van der Waals surface area contributed by atoms with Gasteiger partial charge in [0, 0.05) is 6.04 Å². The smallest absolute Gasteiger partial charge is 0.422 e. The van der Waals surface area contributed by atoms with Gasteiger partial charge in [-0.15, -0.1) is 0 Å². The van der Waals surface area contributed by atoms with E-state index < -0.39 is 23.7 Å². The van der Waals surface area contributed by atoms with Gasteiger partial charge in [0.1, 0.15) is 0 Å². The van der Waals surface area contributed by atoms with Crippen LogP contribution in [0, 0.1) is 0 Å². The number of hydrogen-bond acceptors (Lipinski definition) is 2. The summed E-state index contributed by atoms with van der Waals surface area (Å²) in [5, 5.41) is 12.3. The lowest BCUT2D eigenvalue weighted by Gasteiger charge is -2.29. The van der Waals surface area contributed by atoms with Gasteiger partial charge in [0.25, 0.3) is 0 Å². The number of carbonyl (C=O) groups excluding carboxylic acids is 1. The highest BCUT2D eigenvalue weighted by Gasteiger charge is 2.58. The van der Waals surface area contributed by atoms with Crippen molar-refractivity contribution in [2.45, 2.75) is 51.4 Å². The van der Waals surface area contributed by atoms with Crippen LogP contribution in [0.5, 0.6) is 0 Å². The van der Waals surface area contributed by atoms with Gasteiger partial charge in [0.2, 0.25) is 5.54 Å². The summed E-state index contributed by atoms with van der Waals surface area (Å²) < 4.78 is 37.8. The highest BCUT2D eigenvalue weighted by atomic mass is 19.4. The summed E-state index contributed by atoms with van der Waals surface area (Å²) >= 11 is 0. The lowest BCUT2D eigenvalue weighted by atomic mass is 10.0. The van der Waals surface area contributed by atoms with Crippen LogP contribution in [-0.4, -0.2) is 34.9 Å². The third-order valence-corrected chi connectivity index (χ3v) is 2.68. The third kappa shape index (κ3) is 3.78. The quantitative estimate of drug-likeness (QED) is 0.713. The Labute approximate surface area is 103 Å². The average molecular weight is 270 g/mol. The Morgan fingerprint density at radius 2 is 1.67 bits per heavy atom. The van der Waals surface area contributed by atoms with Crippen LogP contribution in [0.3, 0.4) is 0 Å². The van der Waals surface area contributed by atoms with E-state index in [9.17, 15) is 22.8 Å². The Hall–Kier alpha value is -1.47. The molecule has 0 radical (unpaired) electrons. The molecule has 1 atom stereocenters. The van der Waals surface area contributed by atoms with Gasteiger partial charge in [-0.3, -0.25) is 0 Å². The van der Waals surface area contributed by atoms with Crippen LogP contribution >= 0.6 is 0 Å². The normalized spacial score (nSPS) is 15.1. The van der Waals surface area contributed by atoms with Crippen LogP contribution in [0.2, 0.25) is 0 Å². The monoisotopic (exact) mass is 270 g/mol. The minimum atomic E-state index is -5.08. The Kier molecular flexibility index (Phi) is 5.44. The summed E-state index contributed by atoms with van der Waals surface area (Å²) in [5.74, 6) is -2.16. The summed E-state index contributed by atoms with van der Waals surface area (Å²) in [6, 6.07) is -1.44. The summed E-state index contributed by atoms with van der Waals surface area (Å²) in [6.07, 6.45) is -4.00. The zero-order valence-corrected chi connectivity index (χ0v) is 10.4. The van der Waals surface area contributed by atoms with E-state index in [0.717, 1.165) is 0 Å². The topological polar surface area (TPSA) is 78.4 Å². The summed E-state index contributed by atoms with van der Waals surface area (Å²) in [4.78, 5) is 22.0. The number of urea groups is 1. The predicted molar refractivity (Wildman–Crippen MR) is 58.1 cm³/mol. The Bertz CT molecular complexity index is 316. The second-order valence-electron chi connectivity index (χ2n) is 4.04. The molecule has 8 heteroatoms. The van der Waals surface area contributed by atoms with Crippen molar-refractivity contribution in [2.75, 3.05) is 0 Å². The Morgan fingerprint density at radius 3 is 1.94 bits per heavy atom. The number of carbonyl (C=O) groups is 2. The molecule has 0 aromatic carbocycles. The maximum atomic E-state index is 12.6. The van der Waals surface area contributed by atoms with Crippen LogP contribution < -0.4 is 10.6 Å². The molecular weight excluding hydrogens is 253 g/mol. The highest BCUT2D eigenvalue weighted by molar-refractivity contribution is 5.86. The van der Waals surface area contributed by atoms with E-state index in [0.29, 0.717) is 19.8 Å². The Morgan fingerprint density at radius 1 is 1.22 bits per heavy atom. The molecular formula is C10H17F3N2O3. The van der Waals surface area contributed by atoms with Crippen molar-refractivity contribution in [1.29, 1.82) is 0 Å². The maximum absolute atomic E-state index is 12.6. The molecule has 0 heterocycles. The first-order valence-corrected chi connectivity index (χ1v) is 5.47. The van der Waals surface area contributed by atoms with Gasteiger partial charge in [-0.05, 0) is 19.8 Å². The summed E-state index contributed by atoms with van der Waals surface area (Å²) in [6.45, 7) is 3.92. The average Bonchev–Trinajstić information content (AvgIpc) is 2.23. The number of nitrogens with one attached hydrogen (secondary N) is 2. The molecule has 0 rings (SSSR count). The van der Waals surface area contributed by atoms with Crippen LogP contribution in [0.25, 0.3) is 0 Å². The number of alkyl halides is 3. The van der Waals surface area contributed by atoms with Crippen molar-refractivity contribution in [1.82, 2.24) is 10.6 Å². The molecule has 18 heavy (non-hydrogen) atoms. The molecule has 0 fully saturated rings. The van der Waals surface area contributed by atoms with Gasteiger partial charge in [0.15, 0.2) is 0 Å². The maximum Gasteiger partial charge on any atom is 0.422 e. The molecule has 106 valence electrons. The van der Waals surface area contributed by atoms with Gasteiger partial charge in [-0.2, -0.15) is 13.2 Å². The van der Waals surface area contributed by atoms with Crippen LogP contribution in [-0.2, 0) is 4.79 Å². The number of aliphatic carboxylic acids is 1. The fraction of sp³-hybridized carbons (Fsp3) is 0.800. The molecule has 0 saturated heterocycles. The number of halogens is 3. The molecule has 0 aliphatic carbocycles. The third-order valence-electron chi connectivity index (χ3n) is 2.68. The molecule has 3 N–H and O–H groups in total. The minimum absolute atomic E-state index is 0.295. The molecule has 0 bridgehead atoms. The van der Waals surface area contributed by atoms with E-state index in [1.165, 1.54) is 5.32 Å². The highest BCUT2D eigenvalue weighted by Crippen LogP contribution is 2.30. The van der Waals surface area contributed by atoms with Crippen molar-refractivity contribution in [3.05, 3.63) is 0 Å². The molecule has 0 aromatic rings. The molecule has 0 saturated carbocycles. The molecule has 0 aliphatic heterocycles. The van der Waals surface area contributed by atoms with E-state index in [4.69, 9.17) is 5.11 Å². The fourth-order valence-corrected chi connectivity index (χ4v) is 1.19. The van der Waals surface area contributed by atoms with Crippen molar-refractivity contribution < 1.29 is 27.9 Å². The number of amides is 2. The second-order valence-corrected chi connectivity index (χ2v) is 4.04. The van der Waals surface area contributed by atoms with Crippen molar-refractivity contribution >= 4 is 12.0 Å². The zero-order valence-electron chi connectivity index (χ0n) is 10.4. The largest absolute Gasteiger partial charge is 0.479 e. The van der Waals surface area contributed by atoms with E-state index in [1.54, 1.807) is 13.8 Å².